The van der Waals surface area contributed by atoms with Gasteiger partial charge >= 0.3 is 5.97 Å². The number of carbonyl (C=O) groups is 2. The van der Waals surface area contributed by atoms with Gasteiger partial charge in [-0.05, 0) is 32.4 Å². The van der Waals surface area contributed by atoms with E-state index in [9.17, 15) is 18.0 Å². The van der Waals surface area contributed by atoms with E-state index in [4.69, 9.17) is 4.74 Å². The second kappa shape index (κ2) is 7.59. The summed E-state index contributed by atoms with van der Waals surface area (Å²) in [5, 5.41) is 2.73. The molecule has 0 saturated heterocycles. The molecule has 1 aromatic rings. The average molecular weight is 341 g/mol. The highest BCUT2D eigenvalue weighted by Gasteiger charge is 2.23. The largest absolute Gasteiger partial charge is 0.452 e. The molecule has 1 N–H and O–H groups in total. The number of rotatable bonds is 7. The van der Waals surface area contributed by atoms with E-state index in [2.05, 4.69) is 5.32 Å². The minimum atomic E-state index is -3.55. The summed E-state index contributed by atoms with van der Waals surface area (Å²) in [5.74, 6) is -1.38. The summed E-state index contributed by atoms with van der Waals surface area (Å²) in [6, 6.07) is 5.82. The molecule has 0 aliphatic rings. The summed E-state index contributed by atoms with van der Waals surface area (Å²) in [7, 11) is -3.55. The Morgan fingerprint density at radius 1 is 1.17 bits per heavy atom. The molecular formula is C16H23NO5S. The molecule has 0 saturated carbocycles. The number of benzene rings is 1. The lowest BCUT2D eigenvalue weighted by molar-refractivity contribution is -0.125. The van der Waals surface area contributed by atoms with Gasteiger partial charge in [0.15, 0.2) is 16.4 Å². The first-order chi connectivity index (χ1) is 10.6. The van der Waals surface area contributed by atoms with E-state index in [0.717, 1.165) is 6.42 Å². The second-order valence-corrected chi connectivity index (χ2v) is 8.01. The van der Waals surface area contributed by atoms with E-state index < -0.39 is 33.9 Å². The Kier molecular flexibility index (Phi) is 6.32. The van der Waals surface area contributed by atoms with Gasteiger partial charge in [-0.2, -0.15) is 0 Å². The van der Waals surface area contributed by atoms with Gasteiger partial charge in [0, 0.05) is 5.54 Å². The van der Waals surface area contributed by atoms with Crippen molar-refractivity contribution in [2.75, 3.05) is 12.4 Å². The van der Waals surface area contributed by atoms with Crippen LogP contribution in [0.15, 0.2) is 29.2 Å². The van der Waals surface area contributed by atoms with Gasteiger partial charge in [-0.15, -0.1) is 0 Å². The monoisotopic (exact) mass is 341 g/mol. The third kappa shape index (κ3) is 5.35. The lowest BCUT2D eigenvalue weighted by Gasteiger charge is -2.24. The van der Waals surface area contributed by atoms with Gasteiger partial charge in [0.05, 0.1) is 16.2 Å². The molecule has 0 bridgehead atoms. The maximum absolute atomic E-state index is 12.1. The Hall–Kier alpha value is -1.89. The molecule has 0 heterocycles. The van der Waals surface area contributed by atoms with E-state index in [1.165, 1.54) is 25.1 Å². The lowest BCUT2D eigenvalue weighted by Crippen LogP contribution is -2.44. The van der Waals surface area contributed by atoms with E-state index in [0.29, 0.717) is 0 Å². The van der Waals surface area contributed by atoms with Gasteiger partial charge in [0.25, 0.3) is 5.91 Å². The van der Waals surface area contributed by atoms with E-state index in [-0.39, 0.29) is 16.2 Å². The molecule has 0 aliphatic heterocycles. The minimum absolute atomic E-state index is 0.0584. The molecule has 1 rings (SSSR count). The molecule has 0 fully saturated rings. The van der Waals surface area contributed by atoms with Crippen molar-refractivity contribution in [2.45, 2.75) is 44.6 Å². The van der Waals surface area contributed by atoms with Crippen LogP contribution in [0.1, 0.15) is 44.5 Å². The Morgan fingerprint density at radius 3 is 2.35 bits per heavy atom. The van der Waals surface area contributed by atoms with E-state index >= 15 is 0 Å². The maximum atomic E-state index is 12.1. The van der Waals surface area contributed by atoms with Gasteiger partial charge in [-0.1, -0.05) is 26.0 Å². The lowest BCUT2D eigenvalue weighted by atomic mass is 10.0. The first kappa shape index (κ1) is 19.2. The summed E-state index contributed by atoms with van der Waals surface area (Å²) in [5.41, 5.74) is -0.454. The van der Waals surface area contributed by atoms with Crippen LogP contribution < -0.4 is 5.32 Å². The van der Waals surface area contributed by atoms with Crippen molar-refractivity contribution in [1.82, 2.24) is 5.32 Å². The third-order valence-electron chi connectivity index (χ3n) is 3.52. The number of esters is 1. The SMILES string of the molecule is CCC(C)(C)NC(=O)COC(=O)c1ccccc1S(=O)(=O)CC. The molecule has 1 aromatic carbocycles. The highest BCUT2D eigenvalue weighted by molar-refractivity contribution is 7.91. The zero-order valence-electron chi connectivity index (χ0n) is 13.9. The maximum Gasteiger partial charge on any atom is 0.339 e. The molecule has 0 radical (unpaired) electrons. The van der Waals surface area contributed by atoms with Crippen LogP contribution in [-0.2, 0) is 19.4 Å². The summed E-state index contributed by atoms with van der Waals surface area (Å²) in [6.07, 6.45) is 0.726. The first-order valence-electron chi connectivity index (χ1n) is 7.43. The fourth-order valence-corrected chi connectivity index (χ4v) is 2.86. The molecule has 23 heavy (non-hydrogen) atoms. The Labute approximate surface area is 137 Å². The third-order valence-corrected chi connectivity index (χ3v) is 5.30. The smallest absolute Gasteiger partial charge is 0.339 e. The number of ether oxygens (including phenoxy) is 1. The van der Waals surface area contributed by atoms with Gasteiger partial charge < -0.3 is 10.1 Å². The van der Waals surface area contributed by atoms with Crippen molar-refractivity contribution in [3.05, 3.63) is 29.8 Å². The normalized spacial score (nSPS) is 11.8. The van der Waals surface area contributed by atoms with Crippen molar-refractivity contribution in [3.8, 4) is 0 Å². The topological polar surface area (TPSA) is 89.5 Å². The van der Waals surface area contributed by atoms with Crippen molar-refractivity contribution in [1.29, 1.82) is 0 Å². The zero-order chi connectivity index (χ0) is 17.7. The van der Waals surface area contributed by atoms with Gasteiger partial charge in [-0.25, -0.2) is 13.2 Å². The fourth-order valence-electron chi connectivity index (χ4n) is 1.77. The van der Waals surface area contributed by atoms with Crippen molar-refractivity contribution in [3.63, 3.8) is 0 Å². The van der Waals surface area contributed by atoms with Crippen molar-refractivity contribution >= 4 is 21.7 Å². The number of nitrogens with one attached hydrogen (secondary N) is 1. The quantitative estimate of drug-likeness (QED) is 0.766. The standard InChI is InChI=1S/C16H23NO5S/c1-5-16(3,4)17-14(18)11-22-15(19)12-9-7-8-10-13(12)23(20,21)6-2/h7-10H,5-6,11H2,1-4H3,(H,17,18). The zero-order valence-corrected chi connectivity index (χ0v) is 14.7. The van der Waals surface area contributed by atoms with Crippen LogP contribution in [0.4, 0.5) is 0 Å². The van der Waals surface area contributed by atoms with Gasteiger partial charge in [0.1, 0.15) is 0 Å². The molecule has 0 atom stereocenters. The second-order valence-electron chi connectivity index (χ2n) is 5.76. The van der Waals surface area contributed by atoms with Crippen LogP contribution in [0.5, 0.6) is 0 Å². The predicted molar refractivity (Wildman–Crippen MR) is 87.0 cm³/mol. The van der Waals surface area contributed by atoms with Crippen LogP contribution in [0.25, 0.3) is 0 Å². The predicted octanol–water partition coefficient (Wildman–Crippen LogP) is 1.94. The molecule has 0 unspecified atom stereocenters. The number of carbonyl (C=O) groups excluding carboxylic acids is 2. The molecule has 6 nitrogen and oxygen atoms in total. The number of amides is 1. The van der Waals surface area contributed by atoms with Crippen LogP contribution in [-0.4, -0.2) is 38.2 Å². The molecule has 1 amide bonds. The molecular weight excluding hydrogens is 318 g/mol. The minimum Gasteiger partial charge on any atom is -0.452 e. The van der Waals surface area contributed by atoms with Crippen LogP contribution in [0.3, 0.4) is 0 Å². The average Bonchev–Trinajstić information content (AvgIpc) is 2.52. The first-order valence-corrected chi connectivity index (χ1v) is 9.08. The Bertz CT molecular complexity index is 679. The highest BCUT2D eigenvalue weighted by Crippen LogP contribution is 2.18. The number of hydrogen-bond donors (Lipinski definition) is 1. The molecule has 0 spiro atoms. The molecule has 0 aliphatic carbocycles. The van der Waals surface area contributed by atoms with Crippen LogP contribution in [0.2, 0.25) is 0 Å². The van der Waals surface area contributed by atoms with E-state index in [1.54, 1.807) is 6.07 Å². The summed E-state index contributed by atoms with van der Waals surface area (Å²) in [6.45, 7) is 6.68. The Balaban J connectivity index is 2.83. The molecule has 128 valence electrons. The number of hydrogen-bond acceptors (Lipinski definition) is 5. The van der Waals surface area contributed by atoms with Gasteiger partial charge in [-0.3, -0.25) is 4.79 Å². The van der Waals surface area contributed by atoms with Crippen molar-refractivity contribution < 1.29 is 22.7 Å². The van der Waals surface area contributed by atoms with Crippen LogP contribution >= 0.6 is 0 Å². The number of sulfone groups is 1. The Morgan fingerprint density at radius 2 is 1.78 bits per heavy atom. The molecule has 7 heteroatoms. The van der Waals surface area contributed by atoms with Gasteiger partial charge in [0.2, 0.25) is 0 Å². The molecule has 0 aromatic heterocycles. The summed E-state index contributed by atoms with van der Waals surface area (Å²) < 4.78 is 29.0. The van der Waals surface area contributed by atoms with E-state index in [1.807, 2.05) is 20.8 Å². The summed E-state index contributed by atoms with van der Waals surface area (Å²) >= 11 is 0. The van der Waals surface area contributed by atoms with Crippen molar-refractivity contribution in [2.24, 2.45) is 0 Å². The summed E-state index contributed by atoms with van der Waals surface area (Å²) in [4.78, 5) is 23.8. The van der Waals surface area contributed by atoms with Crippen LogP contribution in [0, 0.1) is 0 Å². The highest BCUT2D eigenvalue weighted by atomic mass is 32.2. The fraction of sp³-hybridized carbons (Fsp3) is 0.500.